The van der Waals surface area contributed by atoms with Gasteiger partial charge in [-0.2, -0.15) is 0 Å². The zero-order valence-electron chi connectivity index (χ0n) is 11.2. The largest absolute Gasteiger partial charge is 0.494 e. The van der Waals surface area contributed by atoms with E-state index in [1.807, 2.05) is 6.92 Å². The Bertz CT molecular complexity index is 390. The van der Waals surface area contributed by atoms with Crippen LogP contribution in [-0.4, -0.2) is 13.2 Å². The molecule has 1 unspecified atom stereocenters. The first-order valence-electron chi connectivity index (χ1n) is 6.90. The molecule has 2 rings (SSSR count). The average Bonchev–Trinajstić information content (AvgIpc) is 3.13. The van der Waals surface area contributed by atoms with Gasteiger partial charge >= 0.3 is 0 Å². The molecule has 1 N–H and O–H groups in total. The van der Waals surface area contributed by atoms with Gasteiger partial charge in [-0.15, -0.1) is 0 Å². The van der Waals surface area contributed by atoms with E-state index in [-0.39, 0.29) is 0 Å². The van der Waals surface area contributed by atoms with Crippen molar-refractivity contribution >= 4 is 15.9 Å². The van der Waals surface area contributed by atoms with Crippen molar-refractivity contribution < 1.29 is 4.74 Å². The number of halogens is 1. The lowest BCUT2D eigenvalue weighted by molar-refractivity contribution is 0.339. The average molecular weight is 312 g/mol. The van der Waals surface area contributed by atoms with Gasteiger partial charge in [0.25, 0.3) is 0 Å². The third-order valence-electron chi connectivity index (χ3n) is 3.37. The highest BCUT2D eigenvalue weighted by atomic mass is 79.9. The number of hydrogen-bond donors (Lipinski definition) is 1. The van der Waals surface area contributed by atoms with Gasteiger partial charge in [0.05, 0.1) is 6.61 Å². The SMILES string of the molecule is CCNC(CC1CC1)c1ccc(OCC)cc1Br. The normalized spacial score (nSPS) is 16.6. The summed E-state index contributed by atoms with van der Waals surface area (Å²) in [5.74, 6) is 1.86. The van der Waals surface area contributed by atoms with E-state index in [4.69, 9.17) is 4.74 Å². The van der Waals surface area contributed by atoms with Crippen molar-refractivity contribution in [3.05, 3.63) is 28.2 Å². The maximum absolute atomic E-state index is 5.52. The first-order chi connectivity index (χ1) is 8.74. The fourth-order valence-electron chi connectivity index (χ4n) is 2.30. The van der Waals surface area contributed by atoms with E-state index < -0.39 is 0 Å². The molecule has 18 heavy (non-hydrogen) atoms. The molecule has 0 amide bonds. The lowest BCUT2D eigenvalue weighted by Gasteiger charge is -2.20. The first-order valence-corrected chi connectivity index (χ1v) is 7.69. The zero-order valence-corrected chi connectivity index (χ0v) is 12.8. The van der Waals surface area contributed by atoms with Crippen molar-refractivity contribution in [1.29, 1.82) is 0 Å². The monoisotopic (exact) mass is 311 g/mol. The van der Waals surface area contributed by atoms with Crippen molar-refractivity contribution in [2.75, 3.05) is 13.2 Å². The van der Waals surface area contributed by atoms with Crippen LogP contribution in [0.15, 0.2) is 22.7 Å². The van der Waals surface area contributed by atoms with E-state index in [0.717, 1.165) is 22.7 Å². The Balaban J connectivity index is 2.12. The van der Waals surface area contributed by atoms with Crippen LogP contribution in [0.3, 0.4) is 0 Å². The van der Waals surface area contributed by atoms with Crippen molar-refractivity contribution in [3.63, 3.8) is 0 Å². The number of rotatable bonds is 7. The summed E-state index contributed by atoms with van der Waals surface area (Å²) in [7, 11) is 0. The van der Waals surface area contributed by atoms with Crippen molar-refractivity contribution in [2.24, 2.45) is 5.92 Å². The van der Waals surface area contributed by atoms with Gasteiger partial charge in [0.1, 0.15) is 5.75 Å². The molecule has 3 heteroatoms. The molecule has 2 nitrogen and oxygen atoms in total. The summed E-state index contributed by atoms with van der Waals surface area (Å²) >= 11 is 3.68. The van der Waals surface area contributed by atoms with Crippen LogP contribution in [0.25, 0.3) is 0 Å². The van der Waals surface area contributed by atoms with Crippen molar-refractivity contribution in [2.45, 2.75) is 39.2 Å². The Labute approximate surface area is 118 Å². The minimum absolute atomic E-state index is 0.465. The van der Waals surface area contributed by atoms with Crippen molar-refractivity contribution in [1.82, 2.24) is 5.32 Å². The quantitative estimate of drug-likeness (QED) is 0.810. The van der Waals surface area contributed by atoms with E-state index in [1.54, 1.807) is 0 Å². The van der Waals surface area contributed by atoms with Gasteiger partial charge in [0.2, 0.25) is 0 Å². The summed E-state index contributed by atoms with van der Waals surface area (Å²) in [6.07, 6.45) is 4.05. The molecule has 100 valence electrons. The molecule has 1 aromatic carbocycles. The van der Waals surface area contributed by atoms with Crippen LogP contribution in [0.2, 0.25) is 0 Å². The van der Waals surface area contributed by atoms with Crippen LogP contribution in [0, 0.1) is 5.92 Å². The highest BCUT2D eigenvalue weighted by molar-refractivity contribution is 9.10. The number of benzene rings is 1. The van der Waals surface area contributed by atoms with Gasteiger partial charge in [-0.1, -0.05) is 41.8 Å². The smallest absolute Gasteiger partial charge is 0.120 e. The highest BCUT2D eigenvalue weighted by Crippen LogP contribution is 2.39. The predicted octanol–water partition coefficient (Wildman–Crippen LogP) is 4.30. The molecule has 0 spiro atoms. The Morgan fingerprint density at radius 3 is 2.72 bits per heavy atom. The summed E-state index contributed by atoms with van der Waals surface area (Å²) in [4.78, 5) is 0. The Morgan fingerprint density at radius 1 is 1.39 bits per heavy atom. The van der Waals surface area contributed by atoms with Crippen molar-refractivity contribution in [3.8, 4) is 5.75 Å². The van der Waals surface area contributed by atoms with E-state index in [1.165, 1.54) is 24.8 Å². The van der Waals surface area contributed by atoms with Gasteiger partial charge in [-0.05, 0) is 43.5 Å². The van der Waals surface area contributed by atoms with Crippen LogP contribution < -0.4 is 10.1 Å². The van der Waals surface area contributed by atoms with E-state index in [9.17, 15) is 0 Å². The minimum Gasteiger partial charge on any atom is -0.494 e. The standard InChI is InChI=1S/C15H22BrNO/c1-3-17-15(9-11-5-6-11)13-8-7-12(18-4-2)10-14(13)16/h7-8,10-11,15,17H,3-6,9H2,1-2H3. The summed E-state index contributed by atoms with van der Waals surface area (Å²) in [5, 5.41) is 3.59. The Hall–Kier alpha value is -0.540. The van der Waals surface area contributed by atoms with Gasteiger partial charge in [0.15, 0.2) is 0 Å². The molecule has 1 aromatic rings. The molecule has 0 radical (unpaired) electrons. The first kappa shape index (κ1) is 13.9. The second kappa shape index (κ2) is 6.58. The maximum Gasteiger partial charge on any atom is 0.120 e. The molecule has 0 heterocycles. The third-order valence-corrected chi connectivity index (χ3v) is 4.06. The topological polar surface area (TPSA) is 21.3 Å². The second-order valence-corrected chi connectivity index (χ2v) is 5.76. The Morgan fingerprint density at radius 2 is 2.17 bits per heavy atom. The molecule has 0 aliphatic heterocycles. The maximum atomic E-state index is 5.52. The van der Waals surface area contributed by atoms with E-state index in [2.05, 4.69) is 46.4 Å². The molecule has 0 aromatic heterocycles. The highest BCUT2D eigenvalue weighted by Gasteiger charge is 2.26. The van der Waals surface area contributed by atoms with E-state index in [0.29, 0.717) is 12.6 Å². The van der Waals surface area contributed by atoms with Crippen LogP contribution in [0.4, 0.5) is 0 Å². The fourth-order valence-corrected chi connectivity index (χ4v) is 2.93. The Kier molecular flexibility index (Phi) is 5.07. The predicted molar refractivity (Wildman–Crippen MR) is 79.1 cm³/mol. The molecular weight excluding hydrogens is 290 g/mol. The number of nitrogens with one attached hydrogen (secondary N) is 1. The molecule has 1 saturated carbocycles. The molecule has 1 aliphatic rings. The molecule has 1 aliphatic carbocycles. The van der Waals surface area contributed by atoms with Gasteiger partial charge in [0, 0.05) is 10.5 Å². The van der Waals surface area contributed by atoms with Crippen LogP contribution >= 0.6 is 15.9 Å². The van der Waals surface area contributed by atoms with E-state index >= 15 is 0 Å². The zero-order chi connectivity index (χ0) is 13.0. The van der Waals surface area contributed by atoms with Gasteiger partial charge in [-0.25, -0.2) is 0 Å². The summed E-state index contributed by atoms with van der Waals surface area (Å²) < 4.78 is 6.68. The molecule has 1 atom stereocenters. The fraction of sp³-hybridized carbons (Fsp3) is 0.600. The van der Waals surface area contributed by atoms with Crippen LogP contribution in [0.1, 0.15) is 44.7 Å². The molecule has 0 saturated heterocycles. The molecule has 0 bridgehead atoms. The molecule has 1 fully saturated rings. The summed E-state index contributed by atoms with van der Waals surface area (Å²) in [6.45, 7) is 5.90. The number of hydrogen-bond acceptors (Lipinski definition) is 2. The second-order valence-electron chi connectivity index (χ2n) is 4.91. The molecular formula is C15H22BrNO. The lowest BCUT2D eigenvalue weighted by atomic mass is 10.0. The summed E-state index contributed by atoms with van der Waals surface area (Å²) in [6, 6.07) is 6.80. The minimum atomic E-state index is 0.465. The summed E-state index contributed by atoms with van der Waals surface area (Å²) in [5.41, 5.74) is 1.35. The van der Waals surface area contributed by atoms with Crippen LogP contribution in [-0.2, 0) is 0 Å². The lowest BCUT2D eigenvalue weighted by Crippen LogP contribution is -2.21. The van der Waals surface area contributed by atoms with Gasteiger partial charge < -0.3 is 10.1 Å². The number of ether oxygens (including phenoxy) is 1. The van der Waals surface area contributed by atoms with Crippen LogP contribution in [0.5, 0.6) is 5.75 Å². The third kappa shape index (κ3) is 3.72. The van der Waals surface area contributed by atoms with Gasteiger partial charge in [-0.3, -0.25) is 0 Å².